The lowest BCUT2D eigenvalue weighted by molar-refractivity contribution is 0.101. The molecule has 0 saturated heterocycles. The number of carbonyl (C=O) groups is 1. The van der Waals surface area contributed by atoms with Crippen LogP contribution in [-0.4, -0.2) is 20.3 Å². The third-order valence-corrected chi connectivity index (χ3v) is 4.95. The van der Waals surface area contributed by atoms with Gasteiger partial charge in [-0.2, -0.15) is 5.10 Å². The van der Waals surface area contributed by atoms with E-state index in [1.165, 1.54) is 29.1 Å². The zero-order chi connectivity index (χ0) is 20.5. The normalized spacial score (nSPS) is 11.3. The number of alkyl halides is 2. The van der Waals surface area contributed by atoms with Gasteiger partial charge in [0.05, 0.1) is 16.8 Å². The molecule has 0 spiro atoms. The first-order chi connectivity index (χ1) is 13.9. The number of aryl methyl sites for hydroxylation is 2. The number of hydrogen-bond donors (Lipinski definition) is 1. The Labute approximate surface area is 166 Å². The maximum Gasteiger partial charge on any atom is 0.282 e. The van der Waals surface area contributed by atoms with Crippen LogP contribution in [0.15, 0.2) is 60.9 Å². The number of nitrogens with zero attached hydrogens (tertiary/aromatic N) is 3. The lowest BCUT2D eigenvalue weighted by Gasteiger charge is -2.12. The number of aromatic nitrogens is 3. The van der Waals surface area contributed by atoms with Crippen LogP contribution in [0.25, 0.3) is 10.9 Å². The standard InChI is InChI=1S/C22H20F2N4O/c1-14-6-3-4-7-16(14)12-28-11-10-15-8-5-9-18(20(15)28)25-22(29)17-13-27(2)26-19(17)21(23)24/h3-11,13,21H,12H2,1-2H3,(H,25,29). The van der Waals surface area contributed by atoms with Gasteiger partial charge in [0.25, 0.3) is 12.3 Å². The molecule has 0 aliphatic rings. The summed E-state index contributed by atoms with van der Waals surface area (Å²) in [6, 6.07) is 15.6. The third-order valence-electron chi connectivity index (χ3n) is 4.95. The Morgan fingerprint density at radius 3 is 2.69 bits per heavy atom. The molecule has 1 amide bonds. The molecule has 148 valence electrons. The fraction of sp³-hybridized carbons (Fsp3) is 0.182. The predicted molar refractivity (Wildman–Crippen MR) is 108 cm³/mol. The van der Waals surface area contributed by atoms with E-state index < -0.39 is 18.0 Å². The molecular weight excluding hydrogens is 374 g/mol. The number of amides is 1. The van der Waals surface area contributed by atoms with Gasteiger partial charge in [-0.05, 0) is 30.2 Å². The van der Waals surface area contributed by atoms with Crippen LogP contribution in [-0.2, 0) is 13.6 Å². The molecule has 2 heterocycles. The maximum atomic E-state index is 13.2. The van der Waals surface area contributed by atoms with Gasteiger partial charge < -0.3 is 9.88 Å². The van der Waals surface area contributed by atoms with Crippen molar-refractivity contribution in [2.24, 2.45) is 7.05 Å². The van der Waals surface area contributed by atoms with E-state index in [2.05, 4.69) is 29.5 Å². The van der Waals surface area contributed by atoms with Crippen LogP contribution >= 0.6 is 0 Å². The average molecular weight is 394 g/mol. The van der Waals surface area contributed by atoms with Crippen molar-refractivity contribution >= 4 is 22.5 Å². The summed E-state index contributed by atoms with van der Waals surface area (Å²) in [6.07, 6.45) is 0.447. The first-order valence-corrected chi connectivity index (χ1v) is 9.19. The van der Waals surface area contributed by atoms with Gasteiger partial charge in [-0.3, -0.25) is 9.48 Å². The first-order valence-electron chi connectivity index (χ1n) is 9.19. The molecule has 7 heteroatoms. The van der Waals surface area contributed by atoms with Crippen molar-refractivity contribution in [3.8, 4) is 0 Å². The molecule has 0 unspecified atom stereocenters. The summed E-state index contributed by atoms with van der Waals surface area (Å²) < 4.78 is 29.7. The number of rotatable bonds is 5. The van der Waals surface area contributed by atoms with Crippen molar-refractivity contribution in [1.82, 2.24) is 14.3 Å². The van der Waals surface area contributed by atoms with Gasteiger partial charge in [0.2, 0.25) is 0 Å². The smallest absolute Gasteiger partial charge is 0.282 e. The van der Waals surface area contributed by atoms with Gasteiger partial charge in [0, 0.05) is 31.4 Å². The van der Waals surface area contributed by atoms with E-state index >= 15 is 0 Å². The van der Waals surface area contributed by atoms with Gasteiger partial charge in [-0.15, -0.1) is 0 Å². The van der Waals surface area contributed by atoms with E-state index in [0.29, 0.717) is 12.2 Å². The molecule has 4 rings (SSSR count). The molecule has 0 saturated carbocycles. The number of nitrogens with one attached hydrogen (secondary N) is 1. The fourth-order valence-corrected chi connectivity index (χ4v) is 3.50. The predicted octanol–water partition coefficient (Wildman–Crippen LogP) is 4.92. The van der Waals surface area contributed by atoms with E-state index in [9.17, 15) is 13.6 Å². The average Bonchev–Trinajstić information content (AvgIpc) is 3.28. The summed E-state index contributed by atoms with van der Waals surface area (Å²) in [4.78, 5) is 12.7. The van der Waals surface area contributed by atoms with Gasteiger partial charge in [-0.25, -0.2) is 8.78 Å². The zero-order valence-corrected chi connectivity index (χ0v) is 16.1. The molecule has 0 aliphatic carbocycles. The van der Waals surface area contributed by atoms with Gasteiger partial charge in [-0.1, -0.05) is 36.4 Å². The molecule has 0 fully saturated rings. The lowest BCUT2D eigenvalue weighted by atomic mass is 10.1. The van der Waals surface area contributed by atoms with Gasteiger partial charge >= 0.3 is 0 Å². The molecule has 4 aromatic rings. The van der Waals surface area contributed by atoms with Gasteiger partial charge in [0.15, 0.2) is 0 Å². The molecule has 0 aliphatic heterocycles. The second-order valence-corrected chi connectivity index (χ2v) is 6.97. The van der Waals surface area contributed by atoms with Crippen LogP contribution in [0.3, 0.4) is 0 Å². The maximum absolute atomic E-state index is 13.2. The first kappa shape index (κ1) is 18.9. The Morgan fingerprint density at radius 1 is 1.14 bits per heavy atom. The van der Waals surface area contributed by atoms with Crippen molar-refractivity contribution < 1.29 is 13.6 Å². The molecule has 29 heavy (non-hydrogen) atoms. The highest BCUT2D eigenvalue weighted by Gasteiger charge is 2.23. The van der Waals surface area contributed by atoms with Crippen LogP contribution in [0.4, 0.5) is 14.5 Å². The second-order valence-electron chi connectivity index (χ2n) is 6.97. The molecule has 1 N–H and O–H groups in total. The van der Waals surface area contributed by atoms with Crippen molar-refractivity contribution in [2.45, 2.75) is 19.9 Å². The molecule has 2 aromatic carbocycles. The van der Waals surface area contributed by atoms with Crippen LogP contribution in [0.1, 0.15) is 33.6 Å². The monoisotopic (exact) mass is 394 g/mol. The Morgan fingerprint density at radius 2 is 1.93 bits per heavy atom. The highest BCUT2D eigenvalue weighted by Crippen LogP contribution is 2.28. The minimum absolute atomic E-state index is 0.128. The van der Waals surface area contributed by atoms with Crippen LogP contribution in [0.5, 0.6) is 0 Å². The lowest BCUT2D eigenvalue weighted by Crippen LogP contribution is -2.14. The summed E-state index contributed by atoms with van der Waals surface area (Å²) in [5.74, 6) is -0.607. The molecule has 0 radical (unpaired) electrons. The quantitative estimate of drug-likeness (QED) is 0.522. The summed E-state index contributed by atoms with van der Waals surface area (Å²) in [7, 11) is 1.51. The largest absolute Gasteiger partial charge is 0.341 e. The van der Waals surface area contributed by atoms with E-state index in [1.807, 2.05) is 41.1 Å². The number of para-hydroxylation sites is 1. The Kier molecular flexibility index (Phi) is 4.88. The Balaban J connectivity index is 1.71. The number of halogens is 2. The number of benzene rings is 2. The van der Waals surface area contributed by atoms with Crippen molar-refractivity contribution in [1.29, 1.82) is 0 Å². The fourth-order valence-electron chi connectivity index (χ4n) is 3.50. The van der Waals surface area contributed by atoms with E-state index in [4.69, 9.17) is 0 Å². The SMILES string of the molecule is Cc1ccccc1Cn1ccc2cccc(NC(=O)c3cn(C)nc3C(F)F)c21. The number of fused-ring (bicyclic) bond motifs is 1. The summed E-state index contributed by atoms with van der Waals surface area (Å²) in [5, 5.41) is 7.45. The van der Waals surface area contributed by atoms with E-state index in [1.54, 1.807) is 6.07 Å². The highest BCUT2D eigenvalue weighted by molar-refractivity contribution is 6.09. The van der Waals surface area contributed by atoms with Crippen LogP contribution < -0.4 is 5.32 Å². The highest BCUT2D eigenvalue weighted by atomic mass is 19.3. The van der Waals surface area contributed by atoms with Crippen LogP contribution in [0, 0.1) is 6.92 Å². The summed E-state index contributed by atoms with van der Waals surface area (Å²) in [5.41, 5.74) is 3.09. The van der Waals surface area contributed by atoms with E-state index in [-0.39, 0.29) is 5.56 Å². The molecule has 0 bridgehead atoms. The summed E-state index contributed by atoms with van der Waals surface area (Å²) >= 11 is 0. The number of carbonyl (C=O) groups excluding carboxylic acids is 1. The van der Waals surface area contributed by atoms with Crippen molar-refractivity contribution in [3.63, 3.8) is 0 Å². The third kappa shape index (κ3) is 3.63. The molecular formula is C22H20F2N4O. The number of hydrogen-bond acceptors (Lipinski definition) is 2. The topological polar surface area (TPSA) is 51.9 Å². The van der Waals surface area contributed by atoms with Crippen molar-refractivity contribution in [2.75, 3.05) is 5.32 Å². The van der Waals surface area contributed by atoms with Crippen LogP contribution in [0.2, 0.25) is 0 Å². The second kappa shape index (κ2) is 7.50. The Bertz CT molecular complexity index is 1190. The summed E-state index contributed by atoms with van der Waals surface area (Å²) in [6.45, 7) is 2.69. The molecule has 5 nitrogen and oxygen atoms in total. The number of anilines is 1. The molecule has 2 aromatic heterocycles. The molecule has 0 atom stereocenters. The van der Waals surface area contributed by atoms with Crippen molar-refractivity contribution in [3.05, 3.63) is 83.3 Å². The zero-order valence-electron chi connectivity index (χ0n) is 16.1. The van der Waals surface area contributed by atoms with Gasteiger partial charge in [0.1, 0.15) is 5.69 Å². The van der Waals surface area contributed by atoms with E-state index in [0.717, 1.165) is 10.9 Å². The minimum Gasteiger partial charge on any atom is -0.341 e. The minimum atomic E-state index is -2.82. The Hall–Kier alpha value is -3.48.